The second kappa shape index (κ2) is 9.66. The minimum atomic E-state index is -0.0369. The Morgan fingerprint density at radius 2 is 1.15 bits per heavy atom. The third kappa shape index (κ3) is 5.03. The molecule has 1 unspecified atom stereocenters. The summed E-state index contributed by atoms with van der Waals surface area (Å²) >= 11 is 0. The largest absolute Gasteiger partial charge is 0.399 e. The molecule has 0 aromatic heterocycles. The summed E-state index contributed by atoms with van der Waals surface area (Å²) in [6.07, 6.45) is 9.28. The Balaban J connectivity index is 2.17. The summed E-state index contributed by atoms with van der Waals surface area (Å²) in [5.74, 6) is 0.543. The predicted molar refractivity (Wildman–Crippen MR) is 115 cm³/mol. The maximum atomic E-state index is 5.93. The van der Waals surface area contributed by atoms with E-state index in [4.69, 9.17) is 11.5 Å². The van der Waals surface area contributed by atoms with Crippen molar-refractivity contribution in [1.82, 2.24) is 0 Å². The lowest BCUT2D eigenvalue weighted by Crippen LogP contribution is -2.32. The van der Waals surface area contributed by atoms with Gasteiger partial charge in [0, 0.05) is 16.8 Å². The Morgan fingerprint density at radius 1 is 0.731 bits per heavy atom. The van der Waals surface area contributed by atoms with Crippen molar-refractivity contribution in [3.05, 3.63) is 59.7 Å². The molecule has 0 radical (unpaired) electrons. The Kier molecular flexibility index (Phi) is 7.56. The van der Waals surface area contributed by atoms with Gasteiger partial charge >= 0.3 is 0 Å². The maximum absolute atomic E-state index is 5.93. The van der Waals surface area contributed by atoms with Crippen LogP contribution in [0.5, 0.6) is 0 Å². The SMILES string of the molecule is CCCCCCCCC(C)C(C)(c1ccc(N)cc1)c1ccc(N)cc1. The van der Waals surface area contributed by atoms with Gasteiger partial charge in [0.15, 0.2) is 0 Å². The zero-order chi connectivity index (χ0) is 19.0. The van der Waals surface area contributed by atoms with Gasteiger partial charge in [-0.3, -0.25) is 0 Å². The Bertz CT molecular complexity index is 597. The lowest BCUT2D eigenvalue weighted by molar-refractivity contribution is 0.338. The van der Waals surface area contributed by atoms with Crippen molar-refractivity contribution in [3.63, 3.8) is 0 Å². The number of unbranched alkanes of at least 4 members (excludes halogenated alkanes) is 5. The van der Waals surface area contributed by atoms with Crippen LogP contribution in [-0.4, -0.2) is 0 Å². The fourth-order valence-electron chi connectivity index (χ4n) is 3.91. The van der Waals surface area contributed by atoms with Crippen LogP contribution in [0.1, 0.15) is 76.8 Å². The van der Waals surface area contributed by atoms with E-state index in [0.717, 1.165) is 11.4 Å². The first-order valence-corrected chi connectivity index (χ1v) is 10.2. The van der Waals surface area contributed by atoms with Crippen molar-refractivity contribution < 1.29 is 0 Å². The Hall–Kier alpha value is -1.96. The van der Waals surface area contributed by atoms with Gasteiger partial charge in [0.2, 0.25) is 0 Å². The molecule has 4 N–H and O–H groups in total. The van der Waals surface area contributed by atoms with Crippen LogP contribution in [0, 0.1) is 5.92 Å². The monoisotopic (exact) mass is 352 g/mol. The standard InChI is InChI=1S/C24H36N2/c1-4-5-6-7-8-9-10-19(2)24(3,20-11-15-22(25)16-12-20)21-13-17-23(26)18-14-21/h11-19H,4-10,25-26H2,1-3H3. The maximum Gasteiger partial charge on any atom is 0.0314 e. The molecule has 26 heavy (non-hydrogen) atoms. The fraction of sp³-hybridized carbons (Fsp3) is 0.500. The molecule has 2 heteroatoms. The van der Waals surface area contributed by atoms with Crippen LogP contribution in [0.15, 0.2) is 48.5 Å². The summed E-state index contributed by atoms with van der Waals surface area (Å²) in [5.41, 5.74) is 16.1. The Morgan fingerprint density at radius 3 is 1.62 bits per heavy atom. The molecule has 2 aromatic rings. The third-order valence-electron chi connectivity index (χ3n) is 6.00. The zero-order valence-corrected chi connectivity index (χ0v) is 16.8. The molecule has 0 saturated heterocycles. The summed E-state index contributed by atoms with van der Waals surface area (Å²) in [4.78, 5) is 0. The van der Waals surface area contributed by atoms with E-state index in [1.54, 1.807) is 0 Å². The lowest BCUT2D eigenvalue weighted by Gasteiger charge is -2.37. The molecule has 2 aromatic carbocycles. The second-order valence-corrected chi connectivity index (χ2v) is 7.90. The van der Waals surface area contributed by atoms with E-state index in [-0.39, 0.29) is 5.41 Å². The molecule has 2 rings (SSSR count). The van der Waals surface area contributed by atoms with Gasteiger partial charge in [-0.1, -0.05) is 83.6 Å². The van der Waals surface area contributed by atoms with Crippen molar-refractivity contribution in [1.29, 1.82) is 0 Å². The van der Waals surface area contributed by atoms with Crippen LogP contribution in [-0.2, 0) is 5.41 Å². The van der Waals surface area contributed by atoms with E-state index in [9.17, 15) is 0 Å². The first-order chi connectivity index (χ1) is 12.5. The van der Waals surface area contributed by atoms with Crippen molar-refractivity contribution in [3.8, 4) is 0 Å². The number of benzene rings is 2. The van der Waals surface area contributed by atoms with Crippen LogP contribution in [0.4, 0.5) is 11.4 Å². The van der Waals surface area contributed by atoms with E-state index in [1.165, 1.54) is 56.1 Å². The topological polar surface area (TPSA) is 52.0 Å². The molecule has 0 saturated carbocycles. The average Bonchev–Trinajstić information content (AvgIpc) is 2.65. The van der Waals surface area contributed by atoms with Crippen LogP contribution in [0.2, 0.25) is 0 Å². The molecule has 142 valence electrons. The highest BCUT2D eigenvalue weighted by molar-refractivity contribution is 5.48. The number of hydrogen-bond donors (Lipinski definition) is 2. The molecule has 0 aliphatic heterocycles. The minimum absolute atomic E-state index is 0.0369. The summed E-state index contributed by atoms with van der Waals surface area (Å²) < 4.78 is 0. The number of anilines is 2. The quantitative estimate of drug-likeness (QED) is 0.376. The molecule has 1 atom stereocenters. The highest BCUT2D eigenvalue weighted by Crippen LogP contribution is 2.41. The highest BCUT2D eigenvalue weighted by Gasteiger charge is 2.34. The van der Waals surface area contributed by atoms with E-state index >= 15 is 0 Å². The van der Waals surface area contributed by atoms with Gasteiger partial charge in [-0.25, -0.2) is 0 Å². The number of nitrogens with two attached hydrogens (primary N) is 2. The summed E-state index contributed by atoms with van der Waals surface area (Å²) in [7, 11) is 0. The van der Waals surface area contributed by atoms with Gasteiger partial charge in [-0.15, -0.1) is 0 Å². The van der Waals surface area contributed by atoms with Crippen LogP contribution >= 0.6 is 0 Å². The summed E-state index contributed by atoms with van der Waals surface area (Å²) in [5, 5.41) is 0. The smallest absolute Gasteiger partial charge is 0.0314 e. The molecule has 0 aliphatic carbocycles. The minimum Gasteiger partial charge on any atom is -0.399 e. The zero-order valence-electron chi connectivity index (χ0n) is 16.8. The first kappa shape index (κ1) is 20.4. The molecule has 0 amide bonds. The first-order valence-electron chi connectivity index (χ1n) is 10.2. The van der Waals surface area contributed by atoms with Crippen LogP contribution < -0.4 is 11.5 Å². The Labute approximate surface area is 160 Å². The van der Waals surface area contributed by atoms with Crippen molar-refractivity contribution >= 4 is 11.4 Å². The van der Waals surface area contributed by atoms with Crippen LogP contribution in [0.3, 0.4) is 0 Å². The van der Waals surface area contributed by atoms with Gasteiger partial charge in [-0.05, 0) is 47.7 Å². The molecule has 0 bridgehead atoms. The van der Waals surface area contributed by atoms with Crippen molar-refractivity contribution in [2.45, 2.75) is 71.1 Å². The average molecular weight is 353 g/mol. The molecular weight excluding hydrogens is 316 g/mol. The second-order valence-electron chi connectivity index (χ2n) is 7.90. The van der Waals surface area contributed by atoms with Gasteiger partial charge in [-0.2, -0.15) is 0 Å². The van der Waals surface area contributed by atoms with Gasteiger partial charge < -0.3 is 11.5 Å². The van der Waals surface area contributed by atoms with E-state index in [0.29, 0.717) is 5.92 Å². The molecule has 2 nitrogen and oxygen atoms in total. The fourth-order valence-corrected chi connectivity index (χ4v) is 3.91. The van der Waals surface area contributed by atoms with Crippen molar-refractivity contribution in [2.75, 3.05) is 11.5 Å². The molecule has 0 aliphatic rings. The summed E-state index contributed by atoms with van der Waals surface area (Å²) in [6.45, 7) is 7.03. The normalized spacial score (nSPS) is 12.9. The number of rotatable bonds is 10. The van der Waals surface area contributed by atoms with Crippen LogP contribution in [0.25, 0.3) is 0 Å². The van der Waals surface area contributed by atoms with E-state index < -0.39 is 0 Å². The number of nitrogen functional groups attached to an aromatic ring is 2. The van der Waals surface area contributed by atoms with E-state index in [1.807, 2.05) is 24.3 Å². The number of hydrogen-bond acceptors (Lipinski definition) is 2. The lowest BCUT2D eigenvalue weighted by atomic mass is 9.66. The van der Waals surface area contributed by atoms with Gasteiger partial charge in [0.25, 0.3) is 0 Å². The predicted octanol–water partition coefficient (Wildman–Crippen LogP) is 6.54. The van der Waals surface area contributed by atoms with Crippen molar-refractivity contribution in [2.24, 2.45) is 5.92 Å². The summed E-state index contributed by atoms with van der Waals surface area (Å²) in [6, 6.07) is 16.8. The molecule has 0 heterocycles. The van der Waals surface area contributed by atoms with E-state index in [2.05, 4.69) is 45.0 Å². The molecule has 0 spiro atoms. The van der Waals surface area contributed by atoms with Gasteiger partial charge in [0.1, 0.15) is 0 Å². The highest BCUT2D eigenvalue weighted by atomic mass is 14.5. The third-order valence-corrected chi connectivity index (χ3v) is 6.00. The molecule has 0 fully saturated rings. The molecular formula is C24H36N2. The van der Waals surface area contributed by atoms with Gasteiger partial charge in [0.05, 0.1) is 0 Å².